The maximum absolute atomic E-state index is 13.1. The van der Waals surface area contributed by atoms with Crippen molar-refractivity contribution in [2.45, 2.75) is 27.4 Å². The van der Waals surface area contributed by atoms with E-state index in [1.807, 2.05) is 25.1 Å². The molecule has 0 aliphatic rings. The monoisotopic (exact) mass is 412 g/mol. The van der Waals surface area contributed by atoms with Crippen molar-refractivity contribution in [2.24, 2.45) is 5.16 Å². The molecule has 0 radical (unpaired) electrons. The molecule has 0 spiro atoms. The summed E-state index contributed by atoms with van der Waals surface area (Å²) in [6, 6.07) is 27.3. The highest BCUT2D eigenvalue weighted by Gasteiger charge is 2.17. The lowest BCUT2D eigenvalue weighted by atomic mass is 10.1. The van der Waals surface area contributed by atoms with Gasteiger partial charge in [-0.1, -0.05) is 65.3 Å². The van der Waals surface area contributed by atoms with Gasteiger partial charge in [-0.2, -0.15) is 0 Å². The number of rotatable bonds is 6. The Bertz CT molecular complexity index is 1190. The predicted octanol–water partition coefficient (Wildman–Crippen LogP) is 6.84. The summed E-state index contributed by atoms with van der Waals surface area (Å²) < 4.78 is 15.3. The van der Waals surface area contributed by atoms with E-state index in [4.69, 9.17) is 4.84 Å². The molecule has 0 unspecified atom stereocenters. The average Bonchev–Trinajstić information content (AvgIpc) is 3.13. The Kier molecular flexibility index (Phi) is 5.99. The fraction of sp³-hybridized carbons (Fsp3) is 0.148. The molecule has 0 aliphatic carbocycles. The zero-order valence-corrected chi connectivity index (χ0v) is 18.0. The van der Waals surface area contributed by atoms with Gasteiger partial charge in [0.1, 0.15) is 12.4 Å². The smallest absolute Gasteiger partial charge is 0.142 e. The Morgan fingerprint density at radius 1 is 0.903 bits per heavy atom. The quantitative estimate of drug-likeness (QED) is 0.251. The molecule has 3 nitrogen and oxygen atoms in total. The number of halogens is 1. The Hall–Kier alpha value is -3.66. The number of aromatic nitrogens is 1. The molecule has 156 valence electrons. The lowest BCUT2D eigenvalue weighted by Gasteiger charge is -2.13. The zero-order valence-electron chi connectivity index (χ0n) is 18.0. The maximum atomic E-state index is 13.1. The molecule has 0 amide bonds. The number of aryl methyl sites for hydroxylation is 1. The van der Waals surface area contributed by atoms with Crippen LogP contribution in [0.3, 0.4) is 0 Å². The molecule has 0 saturated heterocycles. The zero-order chi connectivity index (χ0) is 21.8. The number of nitrogens with zero attached hydrogens (tertiary/aromatic N) is 2. The van der Waals surface area contributed by atoms with Gasteiger partial charge in [0.05, 0.1) is 11.4 Å². The van der Waals surface area contributed by atoms with Gasteiger partial charge < -0.3 is 9.40 Å². The van der Waals surface area contributed by atoms with Crippen molar-refractivity contribution in [3.05, 3.63) is 113 Å². The van der Waals surface area contributed by atoms with E-state index in [0.717, 1.165) is 39.5 Å². The second kappa shape index (κ2) is 9.00. The van der Waals surface area contributed by atoms with Crippen LogP contribution in [0.2, 0.25) is 0 Å². The van der Waals surface area contributed by atoms with Gasteiger partial charge >= 0.3 is 0 Å². The van der Waals surface area contributed by atoms with Crippen LogP contribution in [0.1, 0.15) is 29.3 Å². The summed E-state index contributed by atoms with van der Waals surface area (Å²) >= 11 is 0. The van der Waals surface area contributed by atoms with E-state index in [1.165, 1.54) is 17.7 Å². The van der Waals surface area contributed by atoms with Crippen LogP contribution >= 0.6 is 0 Å². The van der Waals surface area contributed by atoms with E-state index in [9.17, 15) is 4.39 Å². The van der Waals surface area contributed by atoms with Gasteiger partial charge in [0.25, 0.3) is 0 Å². The lowest BCUT2D eigenvalue weighted by Crippen LogP contribution is -2.02. The van der Waals surface area contributed by atoms with Gasteiger partial charge in [0.15, 0.2) is 0 Å². The van der Waals surface area contributed by atoms with Crippen LogP contribution < -0.4 is 0 Å². The van der Waals surface area contributed by atoms with Gasteiger partial charge in [-0.05, 0) is 62.2 Å². The highest BCUT2D eigenvalue weighted by Crippen LogP contribution is 2.30. The second-order valence-corrected chi connectivity index (χ2v) is 7.64. The first-order valence-corrected chi connectivity index (χ1v) is 10.3. The minimum atomic E-state index is -0.259. The maximum Gasteiger partial charge on any atom is 0.142 e. The third-order valence-corrected chi connectivity index (χ3v) is 5.34. The Morgan fingerprint density at radius 3 is 2.26 bits per heavy atom. The fourth-order valence-corrected chi connectivity index (χ4v) is 3.65. The first-order chi connectivity index (χ1) is 15.0. The third-order valence-electron chi connectivity index (χ3n) is 5.34. The largest absolute Gasteiger partial charge is 0.391 e. The summed E-state index contributed by atoms with van der Waals surface area (Å²) in [6.07, 6.45) is 0. The van der Waals surface area contributed by atoms with Crippen molar-refractivity contribution in [1.82, 2.24) is 4.57 Å². The molecule has 0 bridgehead atoms. The minimum Gasteiger partial charge on any atom is -0.391 e. The molecular formula is C27H25FN2O. The first kappa shape index (κ1) is 20.6. The second-order valence-electron chi connectivity index (χ2n) is 7.64. The average molecular weight is 413 g/mol. The lowest BCUT2D eigenvalue weighted by molar-refractivity contribution is 0.130. The van der Waals surface area contributed by atoms with Crippen molar-refractivity contribution < 1.29 is 9.23 Å². The first-order valence-electron chi connectivity index (χ1n) is 10.3. The van der Waals surface area contributed by atoms with Gasteiger partial charge in [0.2, 0.25) is 0 Å². The molecule has 0 atom stereocenters. The van der Waals surface area contributed by atoms with E-state index in [0.29, 0.717) is 6.61 Å². The molecule has 0 N–H and O–H groups in total. The number of hydrogen-bond donors (Lipinski definition) is 0. The van der Waals surface area contributed by atoms with Crippen molar-refractivity contribution in [2.75, 3.05) is 0 Å². The number of hydrogen-bond acceptors (Lipinski definition) is 2. The van der Waals surface area contributed by atoms with Crippen molar-refractivity contribution >= 4 is 5.71 Å². The van der Waals surface area contributed by atoms with E-state index in [1.54, 1.807) is 12.1 Å². The molecule has 31 heavy (non-hydrogen) atoms. The van der Waals surface area contributed by atoms with Crippen LogP contribution in [0, 0.1) is 19.7 Å². The molecule has 0 fully saturated rings. The standard InChI is InChI=1S/C27H25FN2O/c1-19-9-15-25(16-10-19)30-21(3)26(17-27(30)23-7-5-4-6-8-23)20(2)29-31-18-22-11-13-24(28)14-12-22/h4-17H,18H2,1-3H3/b29-20-. The molecule has 4 heteroatoms. The minimum absolute atomic E-state index is 0.259. The van der Waals surface area contributed by atoms with E-state index in [-0.39, 0.29) is 5.82 Å². The molecular weight excluding hydrogens is 387 g/mol. The van der Waals surface area contributed by atoms with E-state index >= 15 is 0 Å². The fourth-order valence-electron chi connectivity index (χ4n) is 3.65. The van der Waals surface area contributed by atoms with Crippen molar-refractivity contribution in [3.8, 4) is 16.9 Å². The topological polar surface area (TPSA) is 26.5 Å². The third kappa shape index (κ3) is 4.58. The van der Waals surface area contributed by atoms with Crippen molar-refractivity contribution in [3.63, 3.8) is 0 Å². The number of oxime groups is 1. The molecule has 0 aliphatic heterocycles. The predicted molar refractivity (Wildman–Crippen MR) is 124 cm³/mol. The Balaban J connectivity index is 1.69. The van der Waals surface area contributed by atoms with Crippen LogP contribution in [-0.4, -0.2) is 10.3 Å². The normalized spacial score (nSPS) is 11.5. The number of benzene rings is 3. The van der Waals surface area contributed by atoms with Gasteiger partial charge in [-0.15, -0.1) is 0 Å². The van der Waals surface area contributed by atoms with Gasteiger partial charge in [-0.25, -0.2) is 4.39 Å². The Morgan fingerprint density at radius 2 is 1.58 bits per heavy atom. The van der Waals surface area contributed by atoms with Crippen LogP contribution in [-0.2, 0) is 11.4 Å². The van der Waals surface area contributed by atoms with Crippen LogP contribution in [0.25, 0.3) is 16.9 Å². The highest BCUT2D eigenvalue weighted by atomic mass is 19.1. The summed E-state index contributed by atoms with van der Waals surface area (Å²) in [5, 5.41) is 4.34. The molecule has 4 rings (SSSR count). The summed E-state index contributed by atoms with van der Waals surface area (Å²) in [5.74, 6) is -0.259. The van der Waals surface area contributed by atoms with E-state index in [2.05, 4.69) is 66.0 Å². The van der Waals surface area contributed by atoms with Crippen LogP contribution in [0.5, 0.6) is 0 Å². The molecule has 1 aromatic heterocycles. The highest BCUT2D eigenvalue weighted by molar-refractivity contribution is 6.01. The van der Waals surface area contributed by atoms with E-state index < -0.39 is 0 Å². The summed E-state index contributed by atoms with van der Waals surface area (Å²) in [7, 11) is 0. The van der Waals surface area contributed by atoms with Gasteiger partial charge in [-0.3, -0.25) is 0 Å². The summed E-state index contributed by atoms with van der Waals surface area (Å²) in [5.41, 5.74) is 8.35. The molecule has 3 aromatic carbocycles. The Labute approximate surface area is 182 Å². The van der Waals surface area contributed by atoms with Crippen LogP contribution in [0.4, 0.5) is 4.39 Å². The molecule has 1 heterocycles. The van der Waals surface area contributed by atoms with Gasteiger partial charge in [0, 0.05) is 16.9 Å². The summed E-state index contributed by atoms with van der Waals surface area (Å²) in [4.78, 5) is 5.56. The molecule has 0 saturated carbocycles. The molecule has 4 aromatic rings. The van der Waals surface area contributed by atoms with Crippen LogP contribution in [0.15, 0.2) is 90.1 Å². The SMILES string of the molecule is C/C(=N/OCc1ccc(F)cc1)c1cc(-c2ccccc2)n(-c2ccc(C)cc2)c1C. The summed E-state index contributed by atoms with van der Waals surface area (Å²) in [6.45, 7) is 6.42. The van der Waals surface area contributed by atoms with Crippen molar-refractivity contribution in [1.29, 1.82) is 0 Å².